The standard InChI is InChI=1S/C12H16N6O/c1-17(2)11-5-3-10(4-6-11)7-13-12(19)8-18-9-14-15-16-18/h3-6,9H,7-8H2,1-2H3,(H,13,19). The first kappa shape index (κ1) is 13.0. The molecule has 1 heterocycles. The third-order valence-electron chi connectivity index (χ3n) is 2.64. The van der Waals surface area contributed by atoms with Gasteiger partial charge in [-0.25, -0.2) is 4.68 Å². The van der Waals surface area contributed by atoms with Crippen LogP contribution < -0.4 is 10.2 Å². The van der Waals surface area contributed by atoms with E-state index in [-0.39, 0.29) is 12.5 Å². The van der Waals surface area contributed by atoms with Crippen LogP contribution in [-0.2, 0) is 17.9 Å². The number of nitrogens with zero attached hydrogens (tertiary/aromatic N) is 5. The largest absolute Gasteiger partial charge is 0.378 e. The Bertz CT molecular complexity index is 520. The molecule has 2 aromatic rings. The Hall–Kier alpha value is -2.44. The van der Waals surface area contributed by atoms with Crippen LogP contribution in [0.5, 0.6) is 0 Å². The Morgan fingerprint density at radius 3 is 2.63 bits per heavy atom. The van der Waals surface area contributed by atoms with E-state index < -0.39 is 0 Å². The number of hydrogen-bond acceptors (Lipinski definition) is 5. The smallest absolute Gasteiger partial charge is 0.242 e. The van der Waals surface area contributed by atoms with Gasteiger partial charge in [-0.3, -0.25) is 4.79 Å². The molecule has 1 aromatic carbocycles. The van der Waals surface area contributed by atoms with Crippen LogP contribution in [0.3, 0.4) is 0 Å². The average molecular weight is 260 g/mol. The SMILES string of the molecule is CN(C)c1ccc(CNC(=O)Cn2cnnn2)cc1. The summed E-state index contributed by atoms with van der Waals surface area (Å²) in [6.45, 7) is 0.622. The van der Waals surface area contributed by atoms with Crippen molar-refractivity contribution in [2.75, 3.05) is 19.0 Å². The number of tetrazole rings is 1. The minimum Gasteiger partial charge on any atom is -0.378 e. The Labute approximate surface area is 111 Å². The third-order valence-corrected chi connectivity index (χ3v) is 2.64. The van der Waals surface area contributed by atoms with Crippen LogP contribution in [0, 0.1) is 0 Å². The summed E-state index contributed by atoms with van der Waals surface area (Å²) in [5.41, 5.74) is 2.18. The van der Waals surface area contributed by atoms with E-state index in [4.69, 9.17) is 0 Å². The summed E-state index contributed by atoms with van der Waals surface area (Å²) in [5, 5.41) is 13.4. The second kappa shape index (κ2) is 5.94. The highest BCUT2D eigenvalue weighted by Crippen LogP contribution is 2.11. The zero-order chi connectivity index (χ0) is 13.7. The molecule has 100 valence electrons. The van der Waals surface area contributed by atoms with Crippen molar-refractivity contribution in [1.82, 2.24) is 25.5 Å². The van der Waals surface area contributed by atoms with Gasteiger partial charge in [0.25, 0.3) is 0 Å². The number of aromatic nitrogens is 4. The second-order valence-corrected chi connectivity index (χ2v) is 4.35. The number of carbonyl (C=O) groups excluding carboxylic acids is 1. The Morgan fingerprint density at radius 2 is 2.05 bits per heavy atom. The number of rotatable bonds is 5. The van der Waals surface area contributed by atoms with Crippen LogP contribution in [0.2, 0.25) is 0 Å². The lowest BCUT2D eigenvalue weighted by Crippen LogP contribution is -2.27. The van der Waals surface area contributed by atoms with Gasteiger partial charge in [-0.05, 0) is 28.1 Å². The van der Waals surface area contributed by atoms with Gasteiger partial charge in [0, 0.05) is 26.3 Å². The van der Waals surface area contributed by atoms with Crippen molar-refractivity contribution in [3.63, 3.8) is 0 Å². The lowest BCUT2D eigenvalue weighted by Gasteiger charge is -2.12. The van der Waals surface area contributed by atoms with Gasteiger partial charge in [0.2, 0.25) is 5.91 Å². The van der Waals surface area contributed by atoms with Gasteiger partial charge in [-0.2, -0.15) is 0 Å². The van der Waals surface area contributed by atoms with Gasteiger partial charge < -0.3 is 10.2 Å². The molecule has 0 aliphatic rings. The summed E-state index contributed by atoms with van der Waals surface area (Å²) in [5.74, 6) is -0.121. The number of carbonyl (C=O) groups is 1. The van der Waals surface area contributed by atoms with Crippen LogP contribution in [0.15, 0.2) is 30.6 Å². The fraction of sp³-hybridized carbons (Fsp3) is 0.333. The van der Waals surface area contributed by atoms with Crippen LogP contribution >= 0.6 is 0 Å². The summed E-state index contributed by atoms with van der Waals surface area (Å²) in [7, 11) is 3.98. The normalized spacial score (nSPS) is 10.2. The van der Waals surface area contributed by atoms with E-state index in [0.717, 1.165) is 11.3 Å². The molecule has 0 spiro atoms. The van der Waals surface area contributed by atoms with E-state index in [9.17, 15) is 4.79 Å². The Morgan fingerprint density at radius 1 is 1.32 bits per heavy atom. The maximum Gasteiger partial charge on any atom is 0.242 e. The lowest BCUT2D eigenvalue weighted by atomic mass is 10.2. The number of hydrogen-bond donors (Lipinski definition) is 1. The van der Waals surface area contributed by atoms with Crippen molar-refractivity contribution in [2.45, 2.75) is 13.1 Å². The molecule has 0 aliphatic carbocycles. The van der Waals surface area contributed by atoms with Gasteiger partial charge >= 0.3 is 0 Å². The molecule has 0 saturated carbocycles. The minimum absolute atomic E-state index is 0.121. The topological polar surface area (TPSA) is 75.9 Å². The fourth-order valence-corrected chi connectivity index (χ4v) is 1.57. The van der Waals surface area contributed by atoms with E-state index in [1.54, 1.807) is 0 Å². The van der Waals surface area contributed by atoms with E-state index in [1.807, 2.05) is 43.3 Å². The third kappa shape index (κ3) is 3.77. The molecule has 0 saturated heterocycles. The molecular formula is C12H16N6O. The minimum atomic E-state index is -0.121. The summed E-state index contributed by atoms with van der Waals surface area (Å²) < 4.78 is 1.38. The Balaban J connectivity index is 1.83. The first-order valence-corrected chi connectivity index (χ1v) is 5.89. The first-order chi connectivity index (χ1) is 9.15. The summed E-state index contributed by atoms with van der Waals surface area (Å²) in [6.07, 6.45) is 1.41. The fourth-order valence-electron chi connectivity index (χ4n) is 1.57. The number of anilines is 1. The average Bonchev–Trinajstić information content (AvgIpc) is 2.89. The van der Waals surface area contributed by atoms with Gasteiger partial charge in [0.15, 0.2) is 0 Å². The van der Waals surface area contributed by atoms with E-state index in [2.05, 4.69) is 20.8 Å². The summed E-state index contributed by atoms with van der Waals surface area (Å²) in [4.78, 5) is 13.7. The zero-order valence-corrected chi connectivity index (χ0v) is 10.9. The summed E-state index contributed by atoms with van der Waals surface area (Å²) in [6, 6.07) is 8.02. The van der Waals surface area contributed by atoms with Gasteiger partial charge in [-0.1, -0.05) is 12.1 Å². The number of benzene rings is 1. The summed E-state index contributed by atoms with van der Waals surface area (Å²) >= 11 is 0. The van der Waals surface area contributed by atoms with Crippen molar-refractivity contribution in [3.05, 3.63) is 36.2 Å². The van der Waals surface area contributed by atoms with Crippen molar-refractivity contribution in [1.29, 1.82) is 0 Å². The molecule has 19 heavy (non-hydrogen) atoms. The second-order valence-electron chi connectivity index (χ2n) is 4.35. The van der Waals surface area contributed by atoms with Crippen molar-refractivity contribution >= 4 is 11.6 Å². The highest BCUT2D eigenvalue weighted by atomic mass is 16.2. The lowest BCUT2D eigenvalue weighted by molar-refractivity contribution is -0.122. The molecule has 0 fully saturated rings. The van der Waals surface area contributed by atoms with E-state index in [1.165, 1.54) is 11.0 Å². The number of amides is 1. The highest BCUT2D eigenvalue weighted by Gasteiger charge is 2.03. The van der Waals surface area contributed by atoms with Crippen molar-refractivity contribution < 1.29 is 4.79 Å². The molecule has 0 aliphatic heterocycles. The van der Waals surface area contributed by atoms with Crippen molar-refractivity contribution in [2.24, 2.45) is 0 Å². The molecular weight excluding hydrogens is 244 g/mol. The number of nitrogens with one attached hydrogen (secondary N) is 1. The van der Waals surface area contributed by atoms with Gasteiger partial charge in [-0.15, -0.1) is 5.10 Å². The van der Waals surface area contributed by atoms with E-state index >= 15 is 0 Å². The predicted octanol–water partition coefficient (Wildman–Crippen LogP) is 0.0555. The molecule has 2 rings (SSSR count). The molecule has 0 atom stereocenters. The first-order valence-electron chi connectivity index (χ1n) is 5.89. The highest BCUT2D eigenvalue weighted by molar-refractivity contribution is 5.75. The Kier molecular flexibility index (Phi) is 4.07. The van der Waals surface area contributed by atoms with Crippen LogP contribution in [0.4, 0.5) is 5.69 Å². The molecule has 0 radical (unpaired) electrons. The predicted molar refractivity (Wildman–Crippen MR) is 70.4 cm³/mol. The molecule has 1 N–H and O–H groups in total. The maximum atomic E-state index is 11.6. The van der Waals surface area contributed by atoms with E-state index in [0.29, 0.717) is 6.54 Å². The zero-order valence-electron chi connectivity index (χ0n) is 10.9. The molecule has 1 amide bonds. The molecule has 0 unspecified atom stereocenters. The quantitative estimate of drug-likeness (QED) is 0.822. The monoisotopic (exact) mass is 260 g/mol. The molecule has 1 aromatic heterocycles. The maximum absolute atomic E-state index is 11.6. The van der Waals surface area contributed by atoms with Crippen molar-refractivity contribution in [3.8, 4) is 0 Å². The molecule has 0 bridgehead atoms. The van der Waals surface area contributed by atoms with Gasteiger partial charge in [0.1, 0.15) is 12.9 Å². The van der Waals surface area contributed by atoms with Crippen LogP contribution in [0.1, 0.15) is 5.56 Å². The van der Waals surface area contributed by atoms with Crippen LogP contribution in [0.25, 0.3) is 0 Å². The molecule has 7 heteroatoms. The van der Waals surface area contributed by atoms with Crippen LogP contribution in [-0.4, -0.2) is 40.2 Å². The molecule has 7 nitrogen and oxygen atoms in total. The van der Waals surface area contributed by atoms with Gasteiger partial charge in [0.05, 0.1) is 0 Å².